The molecule has 1 heterocycles. The lowest BCUT2D eigenvalue weighted by atomic mass is 10.1. The predicted octanol–water partition coefficient (Wildman–Crippen LogP) is 0.856. The highest BCUT2D eigenvalue weighted by Gasteiger charge is 2.34. The van der Waals surface area contributed by atoms with Crippen LogP contribution in [-0.4, -0.2) is 41.3 Å². The van der Waals surface area contributed by atoms with Crippen LogP contribution in [0.15, 0.2) is 11.2 Å². The van der Waals surface area contributed by atoms with Gasteiger partial charge in [0.25, 0.3) is 10.0 Å². The van der Waals surface area contributed by atoms with Gasteiger partial charge in [0.05, 0.1) is 12.8 Å². The number of aromatic amines is 1. The summed E-state index contributed by atoms with van der Waals surface area (Å²) in [6.07, 6.45) is 7.71. The fourth-order valence-corrected chi connectivity index (χ4v) is 4.67. The first-order chi connectivity index (χ1) is 9.03. The maximum Gasteiger partial charge on any atom is 0.257 e. The van der Waals surface area contributed by atoms with Crippen LogP contribution in [0.2, 0.25) is 0 Å². The minimum Gasteiger partial charge on any atom is -0.392 e. The fraction of sp³-hybridized carbons (Fsp3) is 0.727. The molecule has 1 aliphatic rings. The normalized spacial score (nSPS) is 18.8. The third-order valence-electron chi connectivity index (χ3n) is 3.65. The zero-order chi connectivity index (χ0) is 13.9. The number of hydrogen-bond donors (Lipinski definition) is 3. The molecule has 1 aliphatic carbocycles. The van der Waals surface area contributed by atoms with Crippen LogP contribution in [0.25, 0.3) is 0 Å². The van der Waals surface area contributed by atoms with Crippen LogP contribution in [-0.2, 0) is 16.6 Å². The Balaban J connectivity index is 2.10. The topological polar surface area (TPSA) is 95.1 Å². The molecule has 0 bridgehead atoms. The Kier molecular flexibility index (Phi) is 4.54. The number of H-pyrrole nitrogens is 1. The molecule has 0 aromatic carbocycles. The minimum absolute atomic E-state index is 0.00642. The Hall–Kier alpha value is -0.570. The van der Waals surface area contributed by atoms with Crippen molar-refractivity contribution in [2.24, 2.45) is 0 Å². The van der Waals surface area contributed by atoms with Gasteiger partial charge in [0, 0.05) is 16.9 Å². The Bertz CT molecular complexity index is 521. The van der Waals surface area contributed by atoms with Crippen molar-refractivity contribution < 1.29 is 13.5 Å². The number of nitrogens with zero attached hydrogens (tertiary/aromatic N) is 1. The molecule has 0 spiro atoms. The molecule has 8 heteroatoms. The van der Waals surface area contributed by atoms with Gasteiger partial charge >= 0.3 is 0 Å². The SMILES string of the molecule is CSC1(CNS(=O)(=O)c2[nH]ncc2CO)CCCC1. The number of aromatic nitrogens is 2. The van der Waals surface area contributed by atoms with Gasteiger partial charge in [-0.05, 0) is 19.1 Å². The zero-order valence-corrected chi connectivity index (χ0v) is 12.5. The highest BCUT2D eigenvalue weighted by molar-refractivity contribution is 8.00. The number of aliphatic hydroxyl groups excluding tert-OH is 1. The maximum absolute atomic E-state index is 12.2. The van der Waals surface area contributed by atoms with Gasteiger partial charge in [-0.25, -0.2) is 13.1 Å². The van der Waals surface area contributed by atoms with E-state index in [1.54, 1.807) is 11.8 Å². The molecule has 1 aromatic heterocycles. The third kappa shape index (κ3) is 3.13. The molecule has 0 saturated heterocycles. The summed E-state index contributed by atoms with van der Waals surface area (Å²) in [7, 11) is -3.64. The molecule has 0 amide bonds. The molecule has 0 aliphatic heterocycles. The molecule has 3 N–H and O–H groups in total. The molecule has 2 rings (SSSR count). The predicted molar refractivity (Wildman–Crippen MR) is 74.4 cm³/mol. The van der Waals surface area contributed by atoms with Crippen molar-refractivity contribution in [3.8, 4) is 0 Å². The van der Waals surface area contributed by atoms with Crippen LogP contribution in [0.5, 0.6) is 0 Å². The molecule has 0 radical (unpaired) electrons. The highest BCUT2D eigenvalue weighted by atomic mass is 32.2. The molecule has 1 fully saturated rings. The Morgan fingerprint density at radius 2 is 2.21 bits per heavy atom. The first kappa shape index (κ1) is 14.8. The monoisotopic (exact) mass is 305 g/mol. The summed E-state index contributed by atoms with van der Waals surface area (Å²) in [6, 6.07) is 0. The van der Waals surface area contributed by atoms with Crippen LogP contribution >= 0.6 is 11.8 Å². The van der Waals surface area contributed by atoms with Crippen molar-refractivity contribution in [3.63, 3.8) is 0 Å². The Morgan fingerprint density at radius 3 is 2.79 bits per heavy atom. The summed E-state index contributed by atoms with van der Waals surface area (Å²) in [4.78, 5) is 0. The Labute approximate surface area is 117 Å². The van der Waals surface area contributed by atoms with Crippen LogP contribution in [0, 0.1) is 0 Å². The van der Waals surface area contributed by atoms with Crippen molar-refractivity contribution in [1.82, 2.24) is 14.9 Å². The summed E-state index contributed by atoms with van der Waals surface area (Å²) in [6.45, 7) is 0.0702. The van der Waals surface area contributed by atoms with Gasteiger partial charge in [0.1, 0.15) is 0 Å². The lowest BCUT2D eigenvalue weighted by molar-refractivity contribution is 0.278. The zero-order valence-electron chi connectivity index (χ0n) is 10.8. The lowest BCUT2D eigenvalue weighted by Crippen LogP contribution is -2.38. The number of nitrogens with one attached hydrogen (secondary N) is 2. The molecule has 0 atom stereocenters. The van der Waals surface area contributed by atoms with Crippen molar-refractivity contribution in [3.05, 3.63) is 11.8 Å². The van der Waals surface area contributed by atoms with Crippen LogP contribution in [0.1, 0.15) is 31.2 Å². The van der Waals surface area contributed by atoms with Gasteiger partial charge in [-0.15, -0.1) is 0 Å². The summed E-state index contributed by atoms with van der Waals surface area (Å²) in [5, 5.41) is 15.2. The number of thioether (sulfide) groups is 1. The van der Waals surface area contributed by atoms with Crippen LogP contribution in [0.4, 0.5) is 0 Å². The summed E-state index contributed by atoms with van der Waals surface area (Å²) in [5.74, 6) is 0. The second-order valence-electron chi connectivity index (χ2n) is 4.80. The van der Waals surface area contributed by atoms with Gasteiger partial charge in [0.2, 0.25) is 0 Å². The van der Waals surface area contributed by atoms with Crippen molar-refractivity contribution in [1.29, 1.82) is 0 Å². The summed E-state index contributed by atoms with van der Waals surface area (Å²) >= 11 is 1.73. The first-order valence-corrected chi connectivity index (χ1v) is 8.92. The van der Waals surface area contributed by atoms with E-state index < -0.39 is 10.0 Å². The average Bonchev–Trinajstić information content (AvgIpc) is 3.06. The summed E-state index contributed by atoms with van der Waals surface area (Å²) in [5.41, 5.74) is 0.289. The van der Waals surface area contributed by atoms with Gasteiger partial charge in [-0.3, -0.25) is 5.10 Å². The van der Waals surface area contributed by atoms with Gasteiger partial charge in [-0.1, -0.05) is 12.8 Å². The van der Waals surface area contributed by atoms with E-state index in [4.69, 9.17) is 5.11 Å². The molecular weight excluding hydrogens is 286 g/mol. The minimum atomic E-state index is -3.64. The molecular formula is C11H19N3O3S2. The van der Waals surface area contributed by atoms with E-state index in [2.05, 4.69) is 14.9 Å². The second-order valence-corrected chi connectivity index (χ2v) is 7.78. The highest BCUT2D eigenvalue weighted by Crippen LogP contribution is 2.39. The number of hydrogen-bond acceptors (Lipinski definition) is 5. The average molecular weight is 305 g/mol. The van der Waals surface area contributed by atoms with Gasteiger partial charge in [0.15, 0.2) is 5.03 Å². The molecule has 6 nitrogen and oxygen atoms in total. The van der Waals surface area contributed by atoms with E-state index in [-0.39, 0.29) is 21.9 Å². The van der Waals surface area contributed by atoms with Crippen molar-refractivity contribution in [2.75, 3.05) is 12.8 Å². The molecule has 19 heavy (non-hydrogen) atoms. The standard InChI is InChI=1S/C11H19N3O3S2/c1-18-11(4-2-3-5-11)8-13-19(16,17)10-9(7-15)6-12-14-10/h6,13,15H,2-5,7-8H2,1H3,(H,12,14). The van der Waals surface area contributed by atoms with Gasteiger partial charge in [-0.2, -0.15) is 16.9 Å². The molecule has 1 aromatic rings. The third-order valence-corrected chi connectivity index (χ3v) is 6.48. The van der Waals surface area contributed by atoms with E-state index in [9.17, 15) is 8.42 Å². The van der Waals surface area contributed by atoms with E-state index in [0.717, 1.165) is 25.7 Å². The smallest absolute Gasteiger partial charge is 0.257 e. The van der Waals surface area contributed by atoms with Crippen molar-refractivity contribution in [2.45, 2.75) is 42.1 Å². The fourth-order valence-electron chi connectivity index (χ4n) is 2.42. The van der Waals surface area contributed by atoms with Crippen LogP contribution < -0.4 is 4.72 Å². The molecule has 0 unspecified atom stereocenters. The number of rotatable bonds is 6. The summed E-state index contributed by atoms with van der Waals surface area (Å²) < 4.78 is 27.0. The number of aliphatic hydroxyl groups is 1. The van der Waals surface area contributed by atoms with E-state index in [1.807, 2.05) is 6.26 Å². The Morgan fingerprint density at radius 1 is 1.53 bits per heavy atom. The quantitative estimate of drug-likeness (QED) is 0.724. The van der Waals surface area contributed by atoms with Crippen molar-refractivity contribution >= 4 is 21.8 Å². The van der Waals surface area contributed by atoms with E-state index in [1.165, 1.54) is 6.20 Å². The van der Waals surface area contributed by atoms with E-state index >= 15 is 0 Å². The first-order valence-electron chi connectivity index (χ1n) is 6.21. The van der Waals surface area contributed by atoms with Gasteiger partial charge < -0.3 is 5.11 Å². The lowest BCUT2D eigenvalue weighted by Gasteiger charge is -2.26. The number of sulfonamides is 1. The maximum atomic E-state index is 12.2. The molecule has 108 valence electrons. The van der Waals surface area contributed by atoms with E-state index in [0.29, 0.717) is 6.54 Å². The molecule has 1 saturated carbocycles. The van der Waals surface area contributed by atoms with Crippen LogP contribution in [0.3, 0.4) is 0 Å². The largest absolute Gasteiger partial charge is 0.392 e. The second kappa shape index (κ2) is 5.82.